The normalized spacial score (nSPS) is 12.8. The van der Waals surface area contributed by atoms with Gasteiger partial charge in [-0.1, -0.05) is 12.1 Å². The summed E-state index contributed by atoms with van der Waals surface area (Å²) in [7, 11) is 0. The van der Waals surface area contributed by atoms with E-state index >= 15 is 0 Å². The van der Waals surface area contributed by atoms with Gasteiger partial charge in [-0.3, -0.25) is 4.40 Å². The molecule has 0 unspecified atom stereocenters. The molecule has 0 fully saturated rings. The number of imidazole rings is 1. The van der Waals surface area contributed by atoms with E-state index in [1.807, 2.05) is 0 Å². The van der Waals surface area contributed by atoms with Crippen molar-refractivity contribution in [2.45, 2.75) is 12.4 Å². The third-order valence-electron chi connectivity index (χ3n) is 3.16. The van der Waals surface area contributed by atoms with Crippen LogP contribution in [0.2, 0.25) is 0 Å². The standard InChI is InChI=1S/C14H7F6N3/c15-13(16,17)9-3-1-2-8(6-9)10-7-21-12-22-11(14(18,19)20)4-5-23(10)12/h1-7H. The van der Waals surface area contributed by atoms with Gasteiger partial charge < -0.3 is 0 Å². The molecule has 3 rings (SSSR count). The molecule has 0 radical (unpaired) electrons. The topological polar surface area (TPSA) is 30.2 Å². The lowest BCUT2D eigenvalue weighted by atomic mass is 10.1. The fraction of sp³-hybridized carbons (Fsp3) is 0.143. The van der Waals surface area contributed by atoms with Crippen LogP contribution in [0.15, 0.2) is 42.7 Å². The van der Waals surface area contributed by atoms with Gasteiger partial charge >= 0.3 is 12.4 Å². The maximum Gasteiger partial charge on any atom is 0.433 e. The Morgan fingerprint density at radius 2 is 1.65 bits per heavy atom. The number of alkyl halides is 6. The van der Waals surface area contributed by atoms with Gasteiger partial charge in [-0.2, -0.15) is 26.3 Å². The first kappa shape index (κ1) is 15.3. The van der Waals surface area contributed by atoms with E-state index in [1.54, 1.807) is 0 Å². The van der Waals surface area contributed by atoms with Crippen molar-refractivity contribution in [3.05, 3.63) is 54.0 Å². The molecule has 9 heteroatoms. The first-order valence-electron chi connectivity index (χ1n) is 6.25. The summed E-state index contributed by atoms with van der Waals surface area (Å²) in [6.07, 6.45) is -6.88. The van der Waals surface area contributed by atoms with E-state index in [-0.39, 0.29) is 17.0 Å². The number of halogens is 6. The van der Waals surface area contributed by atoms with Crippen molar-refractivity contribution in [2.24, 2.45) is 0 Å². The van der Waals surface area contributed by atoms with E-state index in [2.05, 4.69) is 9.97 Å². The first-order valence-corrected chi connectivity index (χ1v) is 6.25. The molecular formula is C14H7F6N3. The Bertz CT molecular complexity index is 863. The van der Waals surface area contributed by atoms with Crippen LogP contribution in [0.5, 0.6) is 0 Å². The molecule has 0 saturated carbocycles. The molecule has 0 spiro atoms. The van der Waals surface area contributed by atoms with Crippen molar-refractivity contribution in [3.8, 4) is 11.3 Å². The maximum atomic E-state index is 12.7. The molecular weight excluding hydrogens is 324 g/mol. The van der Waals surface area contributed by atoms with E-state index in [0.29, 0.717) is 0 Å². The number of fused-ring (bicyclic) bond motifs is 1. The highest BCUT2D eigenvalue weighted by Crippen LogP contribution is 2.33. The largest absolute Gasteiger partial charge is 0.433 e. The van der Waals surface area contributed by atoms with E-state index < -0.39 is 23.6 Å². The molecule has 2 heterocycles. The molecule has 0 atom stereocenters. The summed E-state index contributed by atoms with van der Waals surface area (Å²) in [5.41, 5.74) is -1.59. The molecule has 3 aromatic rings. The van der Waals surface area contributed by atoms with Crippen LogP contribution < -0.4 is 0 Å². The second-order valence-corrected chi connectivity index (χ2v) is 4.70. The molecule has 0 aliphatic rings. The maximum absolute atomic E-state index is 12.7. The molecule has 2 aromatic heterocycles. The summed E-state index contributed by atoms with van der Waals surface area (Å²) in [5.74, 6) is -0.243. The van der Waals surface area contributed by atoms with Crippen LogP contribution in [-0.4, -0.2) is 14.4 Å². The van der Waals surface area contributed by atoms with Gasteiger partial charge in [-0.15, -0.1) is 0 Å². The zero-order chi connectivity index (χ0) is 16.8. The molecule has 23 heavy (non-hydrogen) atoms. The van der Waals surface area contributed by atoms with Crippen LogP contribution >= 0.6 is 0 Å². The van der Waals surface area contributed by atoms with Crippen LogP contribution in [0, 0.1) is 0 Å². The molecule has 1 aromatic carbocycles. The molecule has 0 saturated heterocycles. The third-order valence-corrected chi connectivity index (χ3v) is 3.16. The Kier molecular flexibility index (Phi) is 3.31. The van der Waals surface area contributed by atoms with Crippen LogP contribution in [0.4, 0.5) is 26.3 Å². The number of hydrogen-bond donors (Lipinski definition) is 0. The smallest absolute Gasteiger partial charge is 0.284 e. The minimum atomic E-state index is -4.62. The SMILES string of the molecule is FC(F)(F)c1cccc(-c2cnc3nc(C(F)(F)F)ccn23)c1. The lowest BCUT2D eigenvalue weighted by Crippen LogP contribution is -2.09. The molecule has 120 valence electrons. The zero-order valence-corrected chi connectivity index (χ0v) is 11.2. The number of rotatable bonds is 1. The summed E-state index contributed by atoms with van der Waals surface area (Å²) in [6.45, 7) is 0. The average molecular weight is 331 g/mol. The molecule has 0 amide bonds. The quantitative estimate of drug-likeness (QED) is 0.617. The highest BCUT2D eigenvalue weighted by atomic mass is 19.4. The molecule has 3 nitrogen and oxygen atoms in total. The molecule has 0 aliphatic carbocycles. The molecule has 0 aliphatic heterocycles. The minimum Gasteiger partial charge on any atom is -0.284 e. The number of benzene rings is 1. The third kappa shape index (κ3) is 2.86. The second kappa shape index (κ2) is 4.97. The molecule has 0 bridgehead atoms. The lowest BCUT2D eigenvalue weighted by molar-refractivity contribution is -0.141. The Morgan fingerprint density at radius 3 is 2.30 bits per heavy atom. The van der Waals surface area contributed by atoms with Gasteiger partial charge in [0.15, 0.2) is 0 Å². The minimum absolute atomic E-state index is 0.175. The summed E-state index contributed by atoms with van der Waals surface area (Å²) in [4.78, 5) is 7.10. The summed E-state index contributed by atoms with van der Waals surface area (Å²) < 4.78 is 77.3. The van der Waals surface area contributed by atoms with Gasteiger partial charge in [0, 0.05) is 11.8 Å². The number of aromatic nitrogens is 3. The van der Waals surface area contributed by atoms with E-state index in [1.165, 1.54) is 22.7 Å². The lowest BCUT2D eigenvalue weighted by Gasteiger charge is -2.09. The van der Waals surface area contributed by atoms with Gasteiger partial charge in [-0.05, 0) is 18.2 Å². The van der Waals surface area contributed by atoms with Crippen molar-refractivity contribution < 1.29 is 26.3 Å². The van der Waals surface area contributed by atoms with Gasteiger partial charge in [0.2, 0.25) is 5.78 Å². The van der Waals surface area contributed by atoms with Gasteiger partial charge in [0.1, 0.15) is 5.69 Å². The van der Waals surface area contributed by atoms with Gasteiger partial charge in [0.25, 0.3) is 0 Å². The fourth-order valence-corrected chi connectivity index (χ4v) is 2.10. The predicted octanol–water partition coefficient (Wildman–Crippen LogP) is 4.43. The monoisotopic (exact) mass is 331 g/mol. The van der Waals surface area contributed by atoms with Gasteiger partial charge in [-0.25, -0.2) is 9.97 Å². The van der Waals surface area contributed by atoms with Crippen molar-refractivity contribution in [3.63, 3.8) is 0 Å². The van der Waals surface area contributed by atoms with Crippen molar-refractivity contribution >= 4 is 5.78 Å². The summed E-state index contributed by atoms with van der Waals surface area (Å²) >= 11 is 0. The fourth-order valence-electron chi connectivity index (χ4n) is 2.10. The second-order valence-electron chi connectivity index (χ2n) is 4.70. The Labute approximate surface area is 125 Å². The zero-order valence-electron chi connectivity index (χ0n) is 11.2. The predicted molar refractivity (Wildman–Crippen MR) is 68.4 cm³/mol. The van der Waals surface area contributed by atoms with Crippen LogP contribution in [0.25, 0.3) is 17.0 Å². The number of hydrogen-bond acceptors (Lipinski definition) is 2. The highest BCUT2D eigenvalue weighted by Gasteiger charge is 2.33. The number of nitrogens with zero attached hydrogens (tertiary/aromatic N) is 3. The van der Waals surface area contributed by atoms with Crippen LogP contribution in [-0.2, 0) is 12.4 Å². The van der Waals surface area contributed by atoms with E-state index in [9.17, 15) is 26.3 Å². The average Bonchev–Trinajstić information content (AvgIpc) is 2.88. The summed E-state index contributed by atoms with van der Waals surface area (Å²) in [6, 6.07) is 5.19. The van der Waals surface area contributed by atoms with Crippen molar-refractivity contribution in [1.29, 1.82) is 0 Å². The van der Waals surface area contributed by atoms with Crippen molar-refractivity contribution in [2.75, 3.05) is 0 Å². The summed E-state index contributed by atoms with van der Waals surface area (Å²) in [5, 5.41) is 0. The van der Waals surface area contributed by atoms with Gasteiger partial charge in [0.05, 0.1) is 17.5 Å². The van der Waals surface area contributed by atoms with Crippen molar-refractivity contribution in [1.82, 2.24) is 14.4 Å². The first-order chi connectivity index (χ1) is 10.7. The Balaban J connectivity index is 2.11. The van der Waals surface area contributed by atoms with Crippen LogP contribution in [0.3, 0.4) is 0 Å². The molecule has 0 N–H and O–H groups in total. The van der Waals surface area contributed by atoms with E-state index in [4.69, 9.17) is 0 Å². The van der Waals surface area contributed by atoms with Crippen LogP contribution in [0.1, 0.15) is 11.3 Å². The Morgan fingerprint density at radius 1 is 0.913 bits per heavy atom. The Hall–Kier alpha value is -2.58. The van der Waals surface area contributed by atoms with E-state index in [0.717, 1.165) is 24.4 Å². The highest BCUT2D eigenvalue weighted by molar-refractivity contribution is 5.63.